The van der Waals surface area contributed by atoms with Gasteiger partial charge in [-0.3, -0.25) is 0 Å². The lowest BCUT2D eigenvalue weighted by molar-refractivity contribution is 0.245. The zero-order valence-electron chi connectivity index (χ0n) is 11.5. The number of hydrogen-bond acceptors (Lipinski definition) is 1. The monoisotopic (exact) mass is 221 g/mol. The van der Waals surface area contributed by atoms with Crippen LogP contribution >= 0.6 is 0 Å². The molecule has 0 radical (unpaired) electrons. The van der Waals surface area contributed by atoms with Crippen molar-refractivity contribution in [2.24, 2.45) is 23.0 Å². The van der Waals surface area contributed by atoms with Gasteiger partial charge in [-0.05, 0) is 41.5 Å². The zero-order chi connectivity index (χ0) is 12.8. The van der Waals surface area contributed by atoms with E-state index in [1.807, 2.05) is 12.2 Å². The van der Waals surface area contributed by atoms with E-state index in [1.165, 1.54) is 12.0 Å². The first-order chi connectivity index (χ1) is 7.32. The van der Waals surface area contributed by atoms with Crippen molar-refractivity contribution in [2.45, 2.75) is 41.0 Å². The second-order valence-electron chi connectivity index (χ2n) is 5.81. The molecule has 0 amide bonds. The molecular weight excluding hydrogens is 194 g/mol. The molecule has 92 valence electrons. The Balaban J connectivity index is 5.12. The lowest BCUT2D eigenvalue weighted by Gasteiger charge is -2.33. The predicted molar refractivity (Wildman–Crippen MR) is 74.0 cm³/mol. The molecule has 0 aliphatic carbocycles. The van der Waals surface area contributed by atoms with Gasteiger partial charge >= 0.3 is 0 Å². The highest BCUT2D eigenvalue weighted by molar-refractivity contribution is 5.26. The van der Waals surface area contributed by atoms with Crippen molar-refractivity contribution < 1.29 is 0 Å². The molecule has 0 rings (SSSR count). The maximum absolute atomic E-state index is 5.52. The second-order valence-corrected chi connectivity index (χ2v) is 5.81. The van der Waals surface area contributed by atoms with E-state index in [-0.39, 0.29) is 5.41 Å². The summed E-state index contributed by atoms with van der Waals surface area (Å²) >= 11 is 0. The number of rotatable bonds is 5. The topological polar surface area (TPSA) is 26.0 Å². The van der Waals surface area contributed by atoms with Crippen LogP contribution in [0.3, 0.4) is 0 Å². The third kappa shape index (κ3) is 5.20. The molecular formula is C15H27N. The van der Waals surface area contributed by atoms with E-state index in [0.717, 1.165) is 0 Å². The summed E-state index contributed by atoms with van der Waals surface area (Å²) in [6.45, 7) is 15.1. The lowest BCUT2D eigenvalue weighted by Crippen LogP contribution is -2.23. The first kappa shape index (κ1) is 15.0. The molecule has 1 atom stereocenters. The molecule has 0 aromatic heterocycles. The molecule has 1 unspecified atom stereocenters. The SMILES string of the molecule is C=C/C=C(\C=C/N)C(CC(C)C)C(C)(C)C. The maximum atomic E-state index is 5.52. The Morgan fingerprint density at radius 2 is 1.88 bits per heavy atom. The average molecular weight is 221 g/mol. The molecule has 16 heavy (non-hydrogen) atoms. The molecule has 0 aliphatic rings. The Labute approximate surface area is 101 Å². The van der Waals surface area contributed by atoms with Crippen molar-refractivity contribution in [3.05, 3.63) is 36.6 Å². The quantitative estimate of drug-likeness (QED) is 0.689. The summed E-state index contributed by atoms with van der Waals surface area (Å²) in [5, 5.41) is 0. The predicted octanol–water partition coefficient (Wildman–Crippen LogP) is 4.28. The van der Waals surface area contributed by atoms with E-state index >= 15 is 0 Å². The van der Waals surface area contributed by atoms with Crippen LogP contribution in [-0.4, -0.2) is 0 Å². The van der Waals surface area contributed by atoms with Gasteiger partial charge in [-0.15, -0.1) is 0 Å². The van der Waals surface area contributed by atoms with Crippen molar-refractivity contribution in [1.29, 1.82) is 0 Å². The smallest absolute Gasteiger partial charge is 0.00595 e. The van der Waals surface area contributed by atoms with Crippen molar-refractivity contribution >= 4 is 0 Å². The van der Waals surface area contributed by atoms with Crippen LogP contribution in [0.4, 0.5) is 0 Å². The van der Waals surface area contributed by atoms with Crippen LogP contribution in [0.1, 0.15) is 41.0 Å². The molecule has 2 N–H and O–H groups in total. The van der Waals surface area contributed by atoms with Crippen molar-refractivity contribution in [1.82, 2.24) is 0 Å². The fourth-order valence-electron chi connectivity index (χ4n) is 2.00. The summed E-state index contributed by atoms with van der Waals surface area (Å²) in [5.74, 6) is 1.20. The van der Waals surface area contributed by atoms with E-state index in [2.05, 4.69) is 47.3 Å². The fourth-order valence-corrected chi connectivity index (χ4v) is 2.00. The Kier molecular flexibility index (Phi) is 6.17. The van der Waals surface area contributed by atoms with Crippen LogP contribution in [0, 0.1) is 17.3 Å². The standard InChI is InChI=1S/C15H27N/c1-7-8-13(9-10-16)14(11-12(2)3)15(4,5)6/h7-10,12,14H,1,11,16H2,2-6H3/b10-9-,13-8+. The molecule has 0 spiro atoms. The molecule has 1 heteroatoms. The Morgan fingerprint density at radius 3 is 2.19 bits per heavy atom. The van der Waals surface area contributed by atoms with E-state index < -0.39 is 0 Å². The summed E-state index contributed by atoms with van der Waals surface area (Å²) < 4.78 is 0. The zero-order valence-corrected chi connectivity index (χ0v) is 11.5. The normalized spacial score (nSPS) is 15.8. The third-order valence-corrected chi connectivity index (χ3v) is 2.75. The summed E-state index contributed by atoms with van der Waals surface area (Å²) in [6, 6.07) is 0. The Morgan fingerprint density at radius 1 is 1.31 bits per heavy atom. The second kappa shape index (κ2) is 6.57. The number of allylic oxidation sites excluding steroid dienone is 4. The van der Waals surface area contributed by atoms with Crippen LogP contribution in [0.25, 0.3) is 0 Å². The van der Waals surface area contributed by atoms with Gasteiger partial charge in [0.2, 0.25) is 0 Å². The summed E-state index contributed by atoms with van der Waals surface area (Å²) in [4.78, 5) is 0. The molecule has 1 nitrogen and oxygen atoms in total. The fraction of sp³-hybridized carbons (Fsp3) is 0.600. The average Bonchev–Trinajstić information content (AvgIpc) is 2.12. The summed E-state index contributed by atoms with van der Waals surface area (Å²) in [6.07, 6.45) is 8.71. The van der Waals surface area contributed by atoms with Gasteiger partial charge in [0.25, 0.3) is 0 Å². The lowest BCUT2D eigenvalue weighted by atomic mass is 9.72. The van der Waals surface area contributed by atoms with Crippen LogP contribution in [0.5, 0.6) is 0 Å². The summed E-state index contributed by atoms with van der Waals surface area (Å²) in [7, 11) is 0. The number of nitrogens with two attached hydrogens (primary N) is 1. The van der Waals surface area contributed by atoms with E-state index in [1.54, 1.807) is 6.20 Å². The molecule has 0 saturated heterocycles. The molecule has 0 aliphatic heterocycles. The van der Waals surface area contributed by atoms with E-state index in [9.17, 15) is 0 Å². The van der Waals surface area contributed by atoms with Gasteiger partial charge in [0.15, 0.2) is 0 Å². The van der Waals surface area contributed by atoms with E-state index in [0.29, 0.717) is 11.8 Å². The van der Waals surface area contributed by atoms with Gasteiger partial charge in [-0.2, -0.15) is 0 Å². The largest absolute Gasteiger partial charge is 0.405 e. The maximum Gasteiger partial charge on any atom is -0.00595 e. The Bertz CT molecular complexity index is 264. The molecule has 0 heterocycles. The highest BCUT2D eigenvalue weighted by atomic mass is 14.5. The third-order valence-electron chi connectivity index (χ3n) is 2.75. The van der Waals surface area contributed by atoms with Gasteiger partial charge < -0.3 is 5.73 Å². The van der Waals surface area contributed by atoms with Crippen LogP contribution in [0.2, 0.25) is 0 Å². The van der Waals surface area contributed by atoms with Crippen LogP contribution in [0.15, 0.2) is 36.6 Å². The first-order valence-electron chi connectivity index (χ1n) is 6.03. The van der Waals surface area contributed by atoms with Gasteiger partial charge in [0.05, 0.1) is 0 Å². The number of hydrogen-bond donors (Lipinski definition) is 1. The first-order valence-corrected chi connectivity index (χ1v) is 6.03. The molecule has 0 aromatic carbocycles. The molecule has 0 fully saturated rings. The molecule has 0 saturated carbocycles. The van der Waals surface area contributed by atoms with Crippen LogP contribution < -0.4 is 5.73 Å². The van der Waals surface area contributed by atoms with E-state index in [4.69, 9.17) is 5.73 Å². The van der Waals surface area contributed by atoms with Crippen molar-refractivity contribution in [3.8, 4) is 0 Å². The van der Waals surface area contributed by atoms with Gasteiger partial charge in [0.1, 0.15) is 0 Å². The minimum atomic E-state index is 0.249. The molecule has 0 aromatic rings. The van der Waals surface area contributed by atoms with Gasteiger partial charge in [-0.1, -0.05) is 53.3 Å². The van der Waals surface area contributed by atoms with Crippen molar-refractivity contribution in [3.63, 3.8) is 0 Å². The van der Waals surface area contributed by atoms with Crippen LogP contribution in [-0.2, 0) is 0 Å². The van der Waals surface area contributed by atoms with Crippen molar-refractivity contribution in [2.75, 3.05) is 0 Å². The molecule has 0 bridgehead atoms. The van der Waals surface area contributed by atoms with Gasteiger partial charge in [-0.25, -0.2) is 0 Å². The Hall–Kier alpha value is -0.980. The highest BCUT2D eigenvalue weighted by Gasteiger charge is 2.27. The van der Waals surface area contributed by atoms with Gasteiger partial charge in [0, 0.05) is 0 Å². The highest BCUT2D eigenvalue weighted by Crippen LogP contribution is 2.37. The minimum absolute atomic E-state index is 0.249. The summed E-state index contributed by atoms with van der Waals surface area (Å²) in [5.41, 5.74) is 7.04. The minimum Gasteiger partial charge on any atom is -0.405 e.